The summed E-state index contributed by atoms with van der Waals surface area (Å²) in [6, 6.07) is 21.6. The quantitative estimate of drug-likeness (QED) is 0.0112. The third-order valence-electron chi connectivity index (χ3n) is 12.8. The molecule has 28 nitrogen and oxygen atoms in total. The van der Waals surface area contributed by atoms with Crippen molar-refractivity contribution < 1.29 is 85.1 Å². The van der Waals surface area contributed by atoms with Gasteiger partial charge in [0.1, 0.15) is 51.6 Å². The lowest BCUT2D eigenvalue weighted by Gasteiger charge is -2.19. The number of carbonyl (C=O) groups excluding carboxylic acids is 1. The number of benzene rings is 6. The molecule has 0 aliphatic heterocycles. The molecule has 6 aromatic rings. The maximum Gasteiger partial charge on any atom is 0.323 e. The molecule has 0 aromatic heterocycles. The molecular formula is C57H67Cl2N9O19S4. The molecule has 91 heavy (non-hydrogen) atoms. The minimum Gasteiger partial charge on any atom is -0.494 e. The predicted molar refractivity (Wildman–Crippen MR) is 345 cm³/mol. The summed E-state index contributed by atoms with van der Waals surface area (Å²) in [6.07, 6.45) is 1.02. The highest BCUT2D eigenvalue weighted by molar-refractivity contribution is 7.86. The molecule has 0 heterocycles. The average Bonchev–Trinajstić information content (AvgIpc) is 1.07. The van der Waals surface area contributed by atoms with Gasteiger partial charge in [0.05, 0.1) is 108 Å². The van der Waals surface area contributed by atoms with E-state index in [9.17, 15) is 47.6 Å². The van der Waals surface area contributed by atoms with E-state index in [4.69, 9.17) is 60.7 Å². The molecule has 0 atom stereocenters. The number of hydrogen-bond acceptors (Lipinski definition) is 22. The van der Waals surface area contributed by atoms with Crippen molar-refractivity contribution in [1.29, 1.82) is 0 Å². The molecule has 0 aliphatic rings. The number of ether oxygens (including phenoxy) is 6. The zero-order valence-electron chi connectivity index (χ0n) is 50.0. The lowest BCUT2D eigenvalue weighted by atomic mass is 10.1. The number of urea groups is 1. The summed E-state index contributed by atoms with van der Waals surface area (Å²) < 4.78 is 161. The van der Waals surface area contributed by atoms with Gasteiger partial charge in [-0.15, -0.1) is 15.3 Å². The highest BCUT2D eigenvalue weighted by Crippen LogP contribution is 2.42. The molecule has 0 bridgehead atoms. The topological polar surface area (TPSA) is 400 Å². The summed E-state index contributed by atoms with van der Waals surface area (Å²) in [5.74, 6) is -0.262. The maximum atomic E-state index is 13.7. The number of anilines is 4. The smallest absolute Gasteiger partial charge is 0.323 e. The van der Waals surface area contributed by atoms with Crippen LogP contribution in [0.1, 0.15) is 60.8 Å². The van der Waals surface area contributed by atoms with Gasteiger partial charge in [0.2, 0.25) is 0 Å². The number of carbonyl (C=O) groups is 1. The number of azo groups is 3. The number of unbranched alkanes of at least 4 members (excludes halogenated alkanes) is 2. The molecule has 0 saturated carbocycles. The van der Waals surface area contributed by atoms with Crippen LogP contribution in [0.25, 0.3) is 0 Å². The standard InChI is InChI=1S/C57H67Cl2N9O19S4/c1-35-25-49(53(82-5)31-45(35)60-51-27-37(3)47(33-55(51)86-19-11-23-90(76,77)78)65-63-43-15-13-39(29-41(43)58)84-17-7-9-21-88(70,71)72)61-57(69)62-50-26-36(2)46(32-54(50)83-6)67-68-52-28-38(4)48(34-56(52)87-20-12-24-91(79,80)81)66-64-44-16-14-40(30-42(44)59)85-18-8-10-22-89(73,74)75/h13-16,25-34,60H,7-12,17-24H2,1-6H3,(H2,61,62,69)(H,70,71,72)(H,73,74,75)(H,76,77,78)(H,79,80,81). The van der Waals surface area contributed by atoms with E-state index in [0.29, 0.717) is 80.7 Å². The van der Waals surface area contributed by atoms with E-state index >= 15 is 0 Å². The van der Waals surface area contributed by atoms with Gasteiger partial charge in [0.25, 0.3) is 40.5 Å². The molecule has 6 rings (SSSR count). The highest BCUT2D eigenvalue weighted by Gasteiger charge is 2.19. The van der Waals surface area contributed by atoms with Gasteiger partial charge in [0.15, 0.2) is 0 Å². The van der Waals surface area contributed by atoms with Crippen LogP contribution in [-0.4, -0.2) is 122 Å². The zero-order chi connectivity index (χ0) is 66.7. The first-order valence-electron chi connectivity index (χ1n) is 27.5. The summed E-state index contributed by atoms with van der Waals surface area (Å²) >= 11 is 13.0. The Morgan fingerprint density at radius 3 is 1.21 bits per heavy atom. The lowest BCUT2D eigenvalue weighted by Crippen LogP contribution is -2.20. The minimum absolute atomic E-state index is 0.0502. The van der Waals surface area contributed by atoms with Crippen molar-refractivity contribution in [3.8, 4) is 34.5 Å². The molecule has 0 spiro atoms. The largest absolute Gasteiger partial charge is 0.494 e. The van der Waals surface area contributed by atoms with Crippen LogP contribution in [0.15, 0.2) is 116 Å². The number of nitrogens with one attached hydrogen (secondary N) is 3. The number of halogens is 2. The van der Waals surface area contributed by atoms with Gasteiger partial charge in [-0.1, -0.05) is 23.2 Å². The fourth-order valence-electron chi connectivity index (χ4n) is 8.17. The van der Waals surface area contributed by atoms with Gasteiger partial charge >= 0.3 is 6.03 Å². The summed E-state index contributed by atoms with van der Waals surface area (Å²) in [7, 11) is -13.9. The molecule has 0 fully saturated rings. The predicted octanol–water partition coefficient (Wildman–Crippen LogP) is 14.3. The van der Waals surface area contributed by atoms with Crippen LogP contribution >= 0.6 is 23.2 Å². The van der Waals surface area contributed by atoms with Crippen LogP contribution in [0.2, 0.25) is 10.0 Å². The average molecular weight is 1380 g/mol. The van der Waals surface area contributed by atoms with Crippen molar-refractivity contribution in [2.24, 2.45) is 30.7 Å². The monoisotopic (exact) mass is 1380 g/mol. The Bertz CT molecular complexity index is 4160. The lowest BCUT2D eigenvalue weighted by molar-refractivity contribution is 0.262. The Morgan fingerprint density at radius 2 is 0.758 bits per heavy atom. The number of rotatable bonds is 34. The van der Waals surface area contributed by atoms with E-state index < -0.39 is 58.0 Å². The minimum atomic E-state index is -4.28. The third kappa shape index (κ3) is 24.4. The molecule has 0 aliphatic carbocycles. The third-order valence-corrected chi connectivity index (χ3v) is 16.6. The number of methoxy groups -OCH3 is 2. The first kappa shape index (κ1) is 72.3. The summed E-state index contributed by atoms with van der Waals surface area (Å²) in [5.41, 5.74) is 5.67. The summed E-state index contributed by atoms with van der Waals surface area (Å²) in [5, 5.41) is 35.6. The Morgan fingerprint density at radius 1 is 0.396 bits per heavy atom. The van der Waals surface area contributed by atoms with Gasteiger partial charge in [-0.05, 0) is 137 Å². The molecule has 0 radical (unpaired) electrons. The molecule has 0 unspecified atom stereocenters. The zero-order valence-corrected chi connectivity index (χ0v) is 54.7. The fourth-order valence-corrected chi connectivity index (χ4v) is 10.7. The molecular weight excluding hydrogens is 1310 g/mol. The van der Waals surface area contributed by atoms with Crippen molar-refractivity contribution in [3.05, 3.63) is 117 Å². The van der Waals surface area contributed by atoms with Crippen LogP contribution in [-0.2, 0) is 40.5 Å². The van der Waals surface area contributed by atoms with Crippen molar-refractivity contribution in [2.75, 3.05) is 79.6 Å². The number of nitrogens with zero attached hydrogens (tertiary/aromatic N) is 6. The van der Waals surface area contributed by atoms with Crippen molar-refractivity contribution in [1.82, 2.24) is 0 Å². The number of amides is 2. The molecule has 2 amide bonds. The second-order valence-corrected chi connectivity index (χ2v) is 27.2. The van der Waals surface area contributed by atoms with E-state index in [1.54, 1.807) is 94.4 Å². The second kappa shape index (κ2) is 33.0. The van der Waals surface area contributed by atoms with Crippen molar-refractivity contribution in [2.45, 2.75) is 66.2 Å². The Hall–Kier alpha value is -7.79. The molecule has 34 heteroatoms. The van der Waals surface area contributed by atoms with Crippen LogP contribution in [0.5, 0.6) is 34.5 Å². The van der Waals surface area contributed by atoms with Gasteiger partial charge in [-0.25, -0.2) is 4.79 Å². The molecule has 6 aromatic carbocycles. The number of hydrogen-bond donors (Lipinski definition) is 7. The van der Waals surface area contributed by atoms with Crippen molar-refractivity contribution in [3.63, 3.8) is 0 Å². The van der Waals surface area contributed by atoms with Crippen LogP contribution in [0.4, 0.5) is 61.7 Å². The first-order valence-corrected chi connectivity index (χ1v) is 34.7. The van der Waals surface area contributed by atoms with Crippen LogP contribution < -0.4 is 44.4 Å². The number of aryl methyl sites for hydroxylation is 4. The van der Waals surface area contributed by atoms with E-state index in [1.165, 1.54) is 32.4 Å². The molecule has 492 valence electrons. The Balaban J connectivity index is 1.17. The van der Waals surface area contributed by atoms with E-state index in [1.807, 2.05) is 0 Å². The van der Waals surface area contributed by atoms with E-state index in [0.717, 1.165) is 0 Å². The maximum absolute atomic E-state index is 13.7. The van der Waals surface area contributed by atoms with Gasteiger partial charge in [0, 0.05) is 42.1 Å². The molecule has 7 N–H and O–H groups in total. The van der Waals surface area contributed by atoms with Gasteiger partial charge < -0.3 is 44.4 Å². The normalized spacial score (nSPS) is 12.2. The summed E-state index contributed by atoms with van der Waals surface area (Å²) in [4.78, 5) is 13.7. The van der Waals surface area contributed by atoms with Crippen LogP contribution in [0, 0.1) is 27.7 Å². The first-order chi connectivity index (χ1) is 42.8. The molecule has 0 saturated heterocycles. The Kier molecular flexibility index (Phi) is 26.2. The van der Waals surface area contributed by atoms with Gasteiger partial charge in [-0.2, -0.15) is 49.0 Å². The summed E-state index contributed by atoms with van der Waals surface area (Å²) in [6.45, 7) is 7.10. The second-order valence-electron chi connectivity index (χ2n) is 20.1. The highest BCUT2D eigenvalue weighted by atomic mass is 35.5. The van der Waals surface area contributed by atoms with Crippen molar-refractivity contribution >= 4 is 127 Å². The van der Waals surface area contributed by atoms with E-state index in [-0.39, 0.29) is 119 Å². The van der Waals surface area contributed by atoms with Crippen LogP contribution in [0.3, 0.4) is 0 Å². The fraction of sp³-hybridized carbons (Fsp3) is 0.351. The van der Waals surface area contributed by atoms with E-state index in [2.05, 4.69) is 46.6 Å². The van der Waals surface area contributed by atoms with Gasteiger partial charge in [-0.3, -0.25) is 18.2 Å². The Labute approximate surface area is 536 Å². The SMILES string of the molecule is COc1cc(N=Nc2cc(C)c(N=Nc3ccc(OCCCCS(=O)(=O)O)cc3Cl)cc2OCCCS(=O)(=O)O)c(C)cc1NC(=O)Nc1cc(C)c(Nc2cc(C)c(N=Nc3ccc(OCCCCS(=O)(=O)O)cc3Cl)cc2OCCCS(=O)(=O)O)cc1OC.